The lowest BCUT2D eigenvalue weighted by molar-refractivity contribution is 0.115. The molecule has 0 unspecified atom stereocenters. The van der Waals surface area contributed by atoms with Gasteiger partial charge in [0, 0.05) is 0 Å². The highest BCUT2D eigenvalue weighted by molar-refractivity contribution is 4.87. The van der Waals surface area contributed by atoms with E-state index < -0.39 is 0 Å². The second-order valence-corrected chi connectivity index (χ2v) is 8.81. The van der Waals surface area contributed by atoms with Crippen molar-refractivity contribution in [3.05, 3.63) is 18.6 Å². The van der Waals surface area contributed by atoms with Crippen LogP contribution in [0.1, 0.15) is 96.8 Å². The fraction of sp³-hybridized carbons (Fsp3) is 0.870. The van der Waals surface area contributed by atoms with Crippen LogP contribution >= 0.6 is 0 Å². The van der Waals surface area contributed by atoms with Gasteiger partial charge in [0.25, 0.3) is 0 Å². The summed E-state index contributed by atoms with van der Waals surface area (Å²) in [7, 11) is 0. The van der Waals surface area contributed by atoms with Crippen molar-refractivity contribution in [3.8, 4) is 0 Å². The number of rotatable bonds is 5. The molecule has 0 aromatic heterocycles. The quantitative estimate of drug-likeness (QED) is 0.465. The Morgan fingerprint density at radius 2 is 1.17 bits per heavy atom. The molecule has 3 saturated carbocycles. The molecule has 3 aliphatic rings. The predicted octanol–water partition coefficient (Wildman–Crippen LogP) is 7.35. The fourth-order valence-electron chi connectivity index (χ4n) is 5.96. The second-order valence-electron chi connectivity index (χ2n) is 8.81. The molecule has 3 rings (SSSR count). The minimum absolute atomic E-state index is 1.04. The third-order valence-corrected chi connectivity index (χ3v) is 7.50. The molecule has 0 N–H and O–H groups in total. The van der Waals surface area contributed by atoms with Crippen molar-refractivity contribution in [2.75, 3.05) is 0 Å². The highest BCUT2D eigenvalue weighted by Crippen LogP contribution is 2.45. The van der Waals surface area contributed by atoms with Crippen molar-refractivity contribution >= 4 is 0 Å². The summed E-state index contributed by atoms with van der Waals surface area (Å²) in [5.74, 6) is 5.41. The predicted molar refractivity (Wildman–Crippen MR) is 101 cm³/mol. The van der Waals surface area contributed by atoms with E-state index in [1.54, 1.807) is 38.5 Å². The fourth-order valence-corrected chi connectivity index (χ4v) is 5.96. The van der Waals surface area contributed by atoms with E-state index in [4.69, 9.17) is 0 Å². The zero-order valence-corrected chi connectivity index (χ0v) is 15.5. The van der Waals surface area contributed by atoms with Crippen LogP contribution in [0.4, 0.5) is 0 Å². The molecule has 0 nitrogen and oxygen atoms in total. The summed E-state index contributed by atoms with van der Waals surface area (Å²) in [6, 6.07) is 0. The van der Waals surface area contributed by atoms with Crippen molar-refractivity contribution in [3.63, 3.8) is 0 Å². The molecule has 0 heterocycles. The third-order valence-electron chi connectivity index (χ3n) is 7.50. The Morgan fingerprint density at radius 3 is 1.70 bits per heavy atom. The van der Waals surface area contributed by atoms with Crippen molar-refractivity contribution < 1.29 is 0 Å². The first kappa shape index (κ1) is 17.6. The Balaban J connectivity index is 1.35. The molecule has 0 saturated heterocycles. The van der Waals surface area contributed by atoms with Crippen LogP contribution in [0.15, 0.2) is 12.2 Å². The molecule has 0 amide bonds. The van der Waals surface area contributed by atoms with Crippen LogP contribution in [0.3, 0.4) is 0 Å². The summed E-state index contributed by atoms with van der Waals surface area (Å²) in [6.45, 7) is 2.15. The van der Waals surface area contributed by atoms with E-state index in [1.165, 1.54) is 51.4 Å². The van der Waals surface area contributed by atoms with Crippen LogP contribution in [0.25, 0.3) is 0 Å². The molecular weight excluding hydrogens is 276 g/mol. The Morgan fingerprint density at radius 1 is 0.696 bits per heavy atom. The largest absolute Gasteiger partial charge is 0.0917 e. The van der Waals surface area contributed by atoms with Gasteiger partial charge in [-0.1, -0.05) is 25.0 Å². The van der Waals surface area contributed by atoms with E-state index in [0.717, 1.165) is 29.6 Å². The van der Waals surface area contributed by atoms with Crippen molar-refractivity contribution in [2.45, 2.75) is 96.8 Å². The summed E-state index contributed by atoms with van der Waals surface area (Å²) in [5.41, 5.74) is 0. The van der Waals surface area contributed by atoms with Crippen LogP contribution < -0.4 is 0 Å². The van der Waals surface area contributed by atoms with Gasteiger partial charge in [-0.25, -0.2) is 0 Å². The van der Waals surface area contributed by atoms with Crippen molar-refractivity contribution in [2.24, 2.45) is 29.6 Å². The van der Waals surface area contributed by atoms with E-state index in [-0.39, 0.29) is 0 Å². The first-order valence-corrected chi connectivity index (χ1v) is 10.8. The van der Waals surface area contributed by atoms with Gasteiger partial charge >= 0.3 is 0 Å². The van der Waals surface area contributed by atoms with Crippen LogP contribution in [0, 0.1) is 36.0 Å². The Labute approximate surface area is 145 Å². The van der Waals surface area contributed by atoms with Gasteiger partial charge in [-0.2, -0.15) is 0 Å². The van der Waals surface area contributed by atoms with Crippen LogP contribution in [-0.4, -0.2) is 0 Å². The number of hydrogen-bond donors (Lipinski definition) is 0. The molecule has 0 aliphatic heterocycles. The molecule has 0 atom stereocenters. The van der Waals surface area contributed by atoms with Gasteiger partial charge in [-0.3, -0.25) is 0 Å². The molecule has 1 radical (unpaired) electrons. The topological polar surface area (TPSA) is 0 Å². The molecule has 23 heavy (non-hydrogen) atoms. The highest BCUT2D eigenvalue weighted by atomic mass is 14.4. The minimum atomic E-state index is 1.04. The summed E-state index contributed by atoms with van der Waals surface area (Å²) in [4.78, 5) is 0. The zero-order valence-electron chi connectivity index (χ0n) is 15.5. The maximum absolute atomic E-state index is 2.52. The van der Waals surface area contributed by atoms with Gasteiger partial charge in [0.1, 0.15) is 0 Å². The van der Waals surface area contributed by atoms with E-state index >= 15 is 0 Å². The van der Waals surface area contributed by atoms with Gasteiger partial charge in [0.15, 0.2) is 0 Å². The molecule has 0 aromatic rings. The van der Waals surface area contributed by atoms with Crippen LogP contribution in [-0.2, 0) is 0 Å². The SMILES string of the molecule is C/C=C/CC[C@H]1CC[C@H]([C@H]2CC[C@H](C3CC[CH]CC3)CC2)CC1. The lowest BCUT2D eigenvalue weighted by Crippen LogP contribution is -2.29. The van der Waals surface area contributed by atoms with Gasteiger partial charge in [0.05, 0.1) is 0 Å². The van der Waals surface area contributed by atoms with Gasteiger partial charge in [0.2, 0.25) is 0 Å². The molecule has 3 fully saturated rings. The molecule has 0 spiro atoms. The van der Waals surface area contributed by atoms with Crippen molar-refractivity contribution in [1.82, 2.24) is 0 Å². The molecular formula is C23H39. The summed E-state index contributed by atoms with van der Waals surface area (Å²) in [6.07, 6.45) is 28.1. The standard InChI is InChI=1S/C23H39/c1-2-3-5-8-19-11-13-21(14-12-19)23-17-15-22(16-18-23)20-9-6-4-7-10-20/h2-4,19-23H,5-18H2,1H3/b3-2+/t19-,21-,22-,23-. The molecule has 0 aromatic carbocycles. The lowest BCUT2D eigenvalue weighted by atomic mass is 9.65. The maximum Gasteiger partial charge on any atom is -0.0348 e. The highest BCUT2D eigenvalue weighted by Gasteiger charge is 2.33. The Hall–Kier alpha value is -0.260. The smallest absolute Gasteiger partial charge is 0.0348 e. The third kappa shape index (κ3) is 5.10. The monoisotopic (exact) mass is 315 g/mol. The zero-order chi connectivity index (χ0) is 15.9. The normalized spacial score (nSPS) is 37.3. The van der Waals surface area contributed by atoms with E-state index in [2.05, 4.69) is 25.5 Å². The Kier molecular flexibility index (Phi) is 7.09. The first-order valence-electron chi connectivity index (χ1n) is 10.8. The average Bonchev–Trinajstić information content (AvgIpc) is 2.63. The van der Waals surface area contributed by atoms with E-state index in [9.17, 15) is 0 Å². The molecule has 131 valence electrons. The van der Waals surface area contributed by atoms with Gasteiger partial charge < -0.3 is 0 Å². The number of allylic oxidation sites excluding steroid dienone is 2. The van der Waals surface area contributed by atoms with Gasteiger partial charge in [-0.15, -0.1) is 0 Å². The lowest BCUT2D eigenvalue weighted by Gasteiger charge is -2.40. The maximum atomic E-state index is 2.52. The Bertz CT molecular complexity index is 333. The van der Waals surface area contributed by atoms with Gasteiger partial charge in [-0.05, 0) is 120 Å². The molecule has 0 bridgehead atoms. The second kappa shape index (κ2) is 9.28. The van der Waals surface area contributed by atoms with E-state index in [1.807, 2.05) is 0 Å². The number of hydrogen-bond acceptors (Lipinski definition) is 0. The molecule has 3 aliphatic carbocycles. The summed E-state index contributed by atoms with van der Waals surface area (Å²) in [5, 5.41) is 0. The van der Waals surface area contributed by atoms with Crippen LogP contribution in [0.5, 0.6) is 0 Å². The van der Waals surface area contributed by atoms with Crippen LogP contribution in [0.2, 0.25) is 0 Å². The van der Waals surface area contributed by atoms with E-state index in [0.29, 0.717) is 0 Å². The summed E-state index contributed by atoms with van der Waals surface area (Å²) >= 11 is 0. The molecule has 0 heteroatoms. The van der Waals surface area contributed by atoms with Crippen molar-refractivity contribution in [1.29, 1.82) is 0 Å². The first-order chi connectivity index (χ1) is 11.4. The minimum Gasteiger partial charge on any atom is -0.0917 e. The average molecular weight is 316 g/mol. The summed E-state index contributed by atoms with van der Waals surface area (Å²) < 4.78 is 0.